The minimum Gasteiger partial charge on any atom is -0.314 e. The molecule has 2 aromatic rings. The lowest BCUT2D eigenvalue weighted by atomic mass is 9.78. The average Bonchev–Trinajstić information content (AvgIpc) is 2.59. The van der Waals surface area contributed by atoms with Crippen LogP contribution in [0.1, 0.15) is 24.5 Å². The van der Waals surface area contributed by atoms with Crippen LogP contribution in [0.15, 0.2) is 60.7 Å². The van der Waals surface area contributed by atoms with Crippen LogP contribution in [0.2, 0.25) is 0 Å². The van der Waals surface area contributed by atoms with E-state index in [1.54, 1.807) is 0 Å². The van der Waals surface area contributed by atoms with Crippen molar-refractivity contribution < 1.29 is 0 Å². The van der Waals surface area contributed by atoms with E-state index in [0.29, 0.717) is 0 Å². The molecule has 1 saturated heterocycles. The predicted octanol–water partition coefficient (Wildman–Crippen LogP) is 3.25. The molecule has 1 aliphatic rings. The molecule has 2 nitrogen and oxygen atoms in total. The summed E-state index contributed by atoms with van der Waals surface area (Å²) in [6.07, 6.45) is 1.08. The average molecular weight is 280 g/mol. The van der Waals surface area contributed by atoms with E-state index in [1.165, 1.54) is 11.1 Å². The lowest BCUT2D eigenvalue weighted by Gasteiger charge is -2.46. The molecule has 0 bridgehead atoms. The first-order valence-electron chi connectivity index (χ1n) is 7.95. The molecule has 1 aliphatic heterocycles. The van der Waals surface area contributed by atoms with Crippen LogP contribution in [-0.4, -0.2) is 31.1 Å². The second-order valence-corrected chi connectivity index (χ2v) is 5.68. The molecule has 0 saturated carbocycles. The Bertz CT molecular complexity index is 505. The van der Waals surface area contributed by atoms with Gasteiger partial charge in [-0.15, -0.1) is 0 Å². The standard InChI is InChI=1S/C19H24N2/c1-2-19(17-9-5-3-6-10-17,18-11-7-4-8-12-18)21-15-13-20-14-16-21/h3-12,20H,2,13-16H2,1H3. The van der Waals surface area contributed by atoms with Gasteiger partial charge in [0, 0.05) is 26.2 Å². The second-order valence-electron chi connectivity index (χ2n) is 5.68. The highest BCUT2D eigenvalue weighted by Gasteiger charge is 2.38. The van der Waals surface area contributed by atoms with Crippen molar-refractivity contribution in [2.45, 2.75) is 18.9 Å². The summed E-state index contributed by atoms with van der Waals surface area (Å²) in [5, 5.41) is 3.47. The lowest BCUT2D eigenvalue weighted by Crippen LogP contribution is -2.54. The van der Waals surface area contributed by atoms with Gasteiger partial charge in [0.25, 0.3) is 0 Å². The number of piperazine rings is 1. The lowest BCUT2D eigenvalue weighted by molar-refractivity contribution is 0.101. The third kappa shape index (κ3) is 2.61. The Hall–Kier alpha value is -1.64. The summed E-state index contributed by atoms with van der Waals surface area (Å²) >= 11 is 0. The highest BCUT2D eigenvalue weighted by molar-refractivity contribution is 5.38. The summed E-state index contributed by atoms with van der Waals surface area (Å²) in [4.78, 5) is 2.65. The monoisotopic (exact) mass is 280 g/mol. The van der Waals surface area contributed by atoms with Crippen molar-refractivity contribution in [2.24, 2.45) is 0 Å². The Labute approximate surface area is 127 Å². The highest BCUT2D eigenvalue weighted by atomic mass is 15.2. The van der Waals surface area contributed by atoms with E-state index >= 15 is 0 Å². The van der Waals surface area contributed by atoms with Gasteiger partial charge in [0.2, 0.25) is 0 Å². The molecule has 21 heavy (non-hydrogen) atoms. The Balaban J connectivity index is 2.12. The van der Waals surface area contributed by atoms with Gasteiger partial charge in [-0.3, -0.25) is 4.90 Å². The van der Waals surface area contributed by atoms with E-state index in [2.05, 4.69) is 77.8 Å². The number of hydrogen-bond acceptors (Lipinski definition) is 2. The van der Waals surface area contributed by atoms with Gasteiger partial charge in [0.05, 0.1) is 5.54 Å². The second kappa shape index (κ2) is 6.42. The van der Waals surface area contributed by atoms with E-state index in [4.69, 9.17) is 0 Å². The molecule has 0 radical (unpaired) electrons. The molecule has 110 valence electrons. The maximum Gasteiger partial charge on any atom is 0.0713 e. The van der Waals surface area contributed by atoms with Crippen molar-refractivity contribution >= 4 is 0 Å². The number of nitrogens with zero attached hydrogens (tertiary/aromatic N) is 1. The zero-order chi connectivity index (χ0) is 14.5. The summed E-state index contributed by atoms with van der Waals surface area (Å²) in [6, 6.07) is 21.9. The summed E-state index contributed by atoms with van der Waals surface area (Å²) in [6.45, 7) is 6.64. The van der Waals surface area contributed by atoms with Crippen LogP contribution in [0.5, 0.6) is 0 Å². The Kier molecular flexibility index (Phi) is 4.37. The van der Waals surface area contributed by atoms with Gasteiger partial charge in [-0.25, -0.2) is 0 Å². The van der Waals surface area contributed by atoms with Gasteiger partial charge in [0.15, 0.2) is 0 Å². The van der Waals surface area contributed by atoms with Crippen LogP contribution in [0.25, 0.3) is 0 Å². The van der Waals surface area contributed by atoms with Gasteiger partial charge in [0.1, 0.15) is 0 Å². The third-order valence-corrected chi connectivity index (χ3v) is 4.67. The van der Waals surface area contributed by atoms with E-state index < -0.39 is 0 Å². The molecule has 1 heterocycles. The van der Waals surface area contributed by atoms with E-state index in [9.17, 15) is 0 Å². The number of benzene rings is 2. The molecule has 2 heteroatoms. The minimum absolute atomic E-state index is 0.00931. The quantitative estimate of drug-likeness (QED) is 0.925. The molecule has 0 unspecified atom stereocenters. The molecule has 0 aliphatic carbocycles. The van der Waals surface area contributed by atoms with Crippen LogP contribution >= 0.6 is 0 Å². The van der Waals surface area contributed by atoms with Crippen molar-refractivity contribution in [1.82, 2.24) is 10.2 Å². The Morgan fingerprint density at radius 2 is 1.33 bits per heavy atom. The van der Waals surface area contributed by atoms with E-state index in [1.807, 2.05) is 0 Å². The van der Waals surface area contributed by atoms with Crippen molar-refractivity contribution in [3.05, 3.63) is 71.8 Å². The molecule has 1 N–H and O–H groups in total. The fourth-order valence-corrected chi connectivity index (χ4v) is 3.64. The topological polar surface area (TPSA) is 15.3 Å². The van der Waals surface area contributed by atoms with Crippen molar-refractivity contribution in [3.8, 4) is 0 Å². The molecule has 0 spiro atoms. The molecular weight excluding hydrogens is 256 g/mol. The summed E-state index contributed by atoms with van der Waals surface area (Å²) in [7, 11) is 0. The summed E-state index contributed by atoms with van der Waals surface area (Å²) < 4.78 is 0. The van der Waals surface area contributed by atoms with Gasteiger partial charge in [-0.1, -0.05) is 67.6 Å². The van der Waals surface area contributed by atoms with Crippen molar-refractivity contribution in [2.75, 3.05) is 26.2 Å². The molecule has 1 fully saturated rings. The number of rotatable bonds is 4. The fraction of sp³-hybridized carbons (Fsp3) is 0.368. The normalized spacial score (nSPS) is 16.8. The first-order valence-corrected chi connectivity index (χ1v) is 7.95. The molecule has 3 rings (SSSR count). The maximum absolute atomic E-state index is 3.47. The molecule has 2 aromatic carbocycles. The smallest absolute Gasteiger partial charge is 0.0713 e. The molecule has 0 atom stereocenters. The summed E-state index contributed by atoms with van der Waals surface area (Å²) in [5.74, 6) is 0. The Morgan fingerprint density at radius 1 is 0.857 bits per heavy atom. The molecule has 0 amide bonds. The van der Waals surface area contributed by atoms with Crippen molar-refractivity contribution in [3.63, 3.8) is 0 Å². The number of hydrogen-bond donors (Lipinski definition) is 1. The van der Waals surface area contributed by atoms with Crippen LogP contribution in [-0.2, 0) is 5.54 Å². The van der Waals surface area contributed by atoms with Crippen LogP contribution in [0, 0.1) is 0 Å². The zero-order valence-electron chi connectivity index (χ0n) is 12.8. The highest BCUT2D eigenvalue weighted by Crippen LogP contribution is 2.39. The van der Waals surface area contributed by atoms with Gasteiger partial charge < -0.3 is 5.32 Å². The van der Waals surface area contributed by atoms with Gasteiger partial charge in [-0.2, -0.15) is 0 Å². The molecule has 0 aromatic heterocycles. The van der Waals surface area contributed by atoms with Crippen LogP contribution < -0.4 is 5.32 Å². The number of nitrogens with one attached hydrogen (secondary N) is 1. The van der Waals surface area contributed by atoms with Gasteiger partial charge in [-0.05, 0) is 17.5 Å². The van der Waals surface area contributed by atoms with E-state index in [-0.39, 0.29) is 5.54 Å². The maximum atomic E-state index is 3.47. The van der Waals surface area contributed by atoms with Crippen molar-refractivity contribution in [1.29, 1.82) is 0 Å². The third-order valence-electron chi connectivity index (χ3n) is 4.67. The largest absolute Gasteiger partial charge is 0.314 e. The summed E-state index contributed by atoms with van der Waals surface area (Å²) in [5.41, 5.74) is 2.80. The van der Waals surface area contributed by atoms with Crippen LogP contribution in [0.4, 0.5) is 0 Å². The minimum atomic E-state index is -0.00931. The first-order chi connectivity index (χ1) is 10.4. The fourth-order valence-electron chi connectivity index (χ4n) is 3.64. The van der Waals surface area contributed by atoms with E-state index in [0.717, 1.165) is 32.6 Å². The zero-order valence-corrected chi connectivity index (χ0v) is 12.8. The first kappa shape index (κ1) is 14.3. The van der Waals surface area contributed by atoms with Crippen LogP contribution in [0.3, 0.4) is 0 Å². The predicted molar refractivity (Wildman–Crippen MR) is 88.4 cm³/mol. The SMILES string of the molecule is CCC(c1ccccc1)(c1ccccc1)N1CCNCC1. The Morgan fingerprint density at radius 3 is 1.76 bits per heavy atom. The van der Waals surface area contributed by atoms with Gasteiger partial charge >= 0.3 is 0 Å². The molecular formula is C19H24N2.